The molecular formula is C12H9NO4. The SMILES string of the molecule is COc1ccc(C#N)c(C=O)c1/C=C/C(=O)O. The summed E-state index contributed by atoms with van der Waals surface area (Å²) in [4.78, 5) is 21.4. The Bertz CT molecular complexity index is 526. The van der Waals surface area contributed by atoms with Crippen LogP contribution in [0.5, 0.6) is 5.75 Å². The van der Waals surface area contributed by atoms with E-state index in [1.54, 1.807) is 0 Å². The Balaban J connectivity index is 3.46. The van der Waals surface area contributed by atoms with E-state index in [2.05, 4.69) is 0 Å². The fraction of sp³-hybridized carbons (Fsp3) is 0.0833. The predicted octanol–water partition coefficient (Wildman–Crippen LogP) is 1.48. The zero-order valence-electron chi connectivity index (χ0n) is 9.01. The van der Waals surface area contributed by atoms with Crippen LogP contribution in [0.3, 0.4) is 0 Å². The summed E-state index contributed by atoms with van der Waals surface area (Å²) in [6.45, 7) is 0. The maximum Gasteiger partial charge on any atom is 0.328 e. The van der Waals surface area contributed by atoms with Crippen molar-refractivity contribution in [3.63, 3.8) is 0 Å². The average Bonchev–Trinajstić information content (AvgIpc) is 2.34. The van der Waals surface area contributed by atoms with Crippen LogP contribution in [-0.2, 0) is 4.79 Å². The van der Waals surface area contributed by atoms with Gasteiger partial charge in [-0.15, -0.1) is 0 Å². The first-order valence-corrected chi connectivity index (χ1v) is 4.61. The lowest BCUT2D eigenvalue weighted by atomic mass is 10.0. The van der Waals surface area contributed by atoms with Crippen LogP contribution < -0.4 is 4.74 Å². The van der Waals surface area contributed by atoms with Gasteiger partial charge in [-0.2, -0.15) is 5.26 Å². The first-order valence-electron chi connectivity index (χ1n) is 4.61. The van der Waals surface area contributed by atoms with Gasteiger partial charge in [0.15, 0.2) is 6.29 Å². The van der Waals surface area contributed by atoms with Gasteiger partial charge in [-0.05, 0) is 18.2 Å². The lowest BCUT2D eigenvalue weighted by Crippen LogP contribution is -1.97. The Kier molecular flexibility index (Phi) is 4.01. The van der Waals surface area contributed by atoms with E-state index in [1.165, 1.54) is 25.3 Å². The van der Waals surface area contributed by atoms with Crippen molar-refractivity contribution < 1.29 is 19.4 Å². The maximum absolute atomic E-state index is 10.9. The van der Waals surface area contributed by atoms with Crippen molar-refractivity contribution in [3.05, 3.63) is 34.9 Å². The van der Waals surface area contributed by atoms with Gasteiger partial charge < -0.3 is 9.84 Å². The smallest absolute Gasteiger partial charge is 0.328 e. The second kappa shape index (κ2) is 5.47. The maximum atomic E-state index is 10.9. The number of benzene rings is 1. The minimum atomic E-state index is -1.15. The van der Waals surface area contributed by atoms with E-state index in [1.807, 2.05) is 6.07 Å². The third kappa shape index (κ3) is 2.69. The summed E-state index contributed by atoms with van der Waals surface area (Å²) in [5, 5.41) is 17.4. The second-order valence-electron chi connectivity index (χ2n) is 3.04. The number of methoxy groups -OCH3 is 1. The molecule has 0 saturated heterocycles. The molecular weight excluding hydrogens is 222 g/mol. The van der Waals surface area contributed by atoms with E-state index in [9.17, 15) is 9.59 Å². The highest BCUT2D eigenvalue weighted by atomic mass is 16.5. The van der Waals surface area contributed by atoms with Gasteiger partial charge in [0.1, 0.15) is 5.75 Å². The molecule has 0 saturated carbocycles. The van der Waals surface area contributed by atoms with Gasteiger partial charge in [0, 0.05) is 17.2 Å². The molecule has 0 aliphatic rings. The van der Waals surface area contributed by atoms with E-state index in [4.69, 9.17) is 15.1 Å². The number of rotatable bonds is 4. The van der Waals surface area contributed by atoms with Crippen LogP contribution in [0, 0.1) is 11.3 Å². The first-order chi connectivity index (χ1) is 8.13. The number of aldehydes is 1. The Morgan fingerprint density at radius 3 is 2.65 bits per heavy atom. The fourth-order valence-corrected chi connectivity index (χ4v) is 1.35. The number of ether oxygens (including phenoxy) is 1. The zero-order valence-corrected chi connectivity index (χ0v) is 9.01. The third-order valence-electron chi connectivity index (χ3n) is 2.10. The lowest BCUT2D eigenvalue weighted by molar-refractivity contribution is -0.131. The van der Waals surface area contributed by atoms with E-state index in [0.29, 0.717) is 12.0 Å². The largest absolute Gasteiger partial charge is 0.496 e. The molecule has 0 bridgehead atoms. The number of carbonyl (C=O) groups excluding carboxylic acids is 1. The average molecular weight is 231 g/mol. The molecule has 1 rings (SSSR count). The van der Waals surface area contributed by atoms with Crippen molar-refractivity contribution in [1.29, 1.82) is 5.26 Å². The van der Waals surface area contributed by atoms with Crippen molar-refractivity contribution in [3.8, 4) is 11.8 Å². The number of hydrogen-bond acceptors (Lipinski definition) is 4. The number of hydrogen-bond donors (Lipinski definition) is 1. The summed E-state index contributed by atoms with van der Waals surface area (Å²) >= 11 is 0. The summed E-state index contributed by atoms with van der Waals surface area (Å²) in [5.41, 5.74) is 0.569. The van der Waals surface area contributed by atoms with Crippen molar-refractivity contribution >= 4 is 18.3 Å². The van der Waals surface area contributed by atoms with E-state index >= 15 is 0 Å². The summed E-state index contributed by atoms with van der Waals surface area (Å²) in [7, 11) is 1.40. The number of carbonyl (C=O) groups is 2. The van der Waals surface area contributed by atoms with Crippen LogP contribution in [0.4, 0.5) is 0 Å². The van der Waals surface area contributed by atoms with Crippen LogP contribution in [0.15, 0.2) is 18.2 Å². The van der Waals surface area contributed by atoms with E-state index in [-0.39, 0.29) is 16.7 Å². The molecule has 0 spiro atoms. The van der Waals surface area contributed by atoms with Gasteiger partial charge in [0.2, 0.25) is 0 Å². The molecule has 0 radical (unpaired) electrons. The number of carboxylic acid groups (broad SMARTS) is 1. The molecule has 86 valence electrons. The highest BCUT2D eigenvalue weighted by Gasteiger charge is 2.11. The van der Waals surface area contributed by atoms with Crippen LogP contribution in [0.25, 0.3) is 6.08 Å². The minimum Gasteiger partial charge on any atom is -0.496 e. The molecule has 1 aromatic rings. The van der Waals surface area contributed by atoms with Gasteiger partial charge in [-0.3, -0.25) is 4.79 Å². The van der Waals surface area contributed by atoms with Gasteiger partial charge in [-0.25, -0.2) is 4.79 Å². The van der Waals surface area contributed by atoms with Crippen molar-refractivity contribution in [2.24, 2.45) is 0 Å². The van der Waals surface area contributed by atoms with Crippen molar-refractivity contribution in [2.75, 3.05) is 7.11 Å². The van der Waals surface area contributed by atoms with Crippen LogP contribution >= 0.6 is 0 Å². The van der Waals surface area contributed by atoms with Gasteiger partial charge in [-0.1, -0.05) is 0 Å². The monoisotopic (exact) mass is 231 g/mol. The molecule has 0 atom stereocenters. The minimum absolute atomic E-state index is 0.115. The number of aliphatic carboxylic acids is 1. The summed E-state index contributed by atoms with van der Waals surface area (Å²) in [5.74, 6) is -0.810. The van der Waals surface area contributed by atoms with Gasteiger partial charge in [0.25, 0.3) is 0 Å². The molecule has 0 heterocycles. The summed E-state index contributed by atoms with van der Waals surface area (Å²) in [6, 6.07) is 4.81. The molecule has 5 heteroatoms. The Morgan fingerprint density at radius 1 is 1.47 bits per heavy atom. The molecule has 0 fully saturated rings. The normalized spacial score (nSPS) is 9.88. The standard InChI is InChI=1S/C12H9NO4/c1-17-11-4-2-8(6-13)10(7-14)9(11)3-5-12(15)16/h2-5,7H,1H3,(H,15,16)/b5-3+. The molecule has 0 aliphatic carbocycles. The van der Waals surface area contributed by atoms with Crippen molar-refractivity contribution in [2.45, 2.75) is 0 Å². The fourth-order valence-electron chi connectivity index (χ4n) is 1.35. The zero-order chi connectivity index (χ0) is 12.8. The van der Waals surface area contributed by atoms with Gasteiger partial charge >= 0.3 is 5.97 Å². The first kappa shape index (κ1) is 12.5. The Labute approximate surface area is 97.6 Å². The molecule has 0 aliphatic heterocycles. The summed E-state index contributed by atoms with van der Waals surface area (Å²) < 4.78 is 5.01. The number of carboxylic acids is 1. The molecule has 1 N–H and O–H groups in total. The summed E-state index contributed by atoms with van der Waals surface area (Å²) in [6.07, 6.45) is 2.61. The van der Waals surface area contributed by atoms with Crippen LogP contribution in [-0.4, -0.2) is 24.5 Å². The molecule has 0 aromatic heterocycles. The van der Waals surface area contributed by atoms with Gasteiger partial charge in [0.05, 0.1) is 18.7 Å². The quantitative estimate of drug-likeness (QED) is 0.626. The predicted molar refractivity (Wildman–Crippen MR) is 59.8 cm³/mol. The van der Waals surface area contributed by atoms with Crippen LogP contribution in [0.1, 0.15) is 21.5 Å². The Morgan fingerprint density at radius 2 is 2.18 bits per heavy atom. The molecule has 1 aromatic carbocycles. The second-order valence-corrected chi connectivity index (χ2v) is 3.04. The van der Waals surface area contributed by atoms with E-state index in [0.717, 1.165) is 6.08 Å². The molecule has 0 unspecified atom stereocenters. The van der Waals surface area contributed by atoms with E-state index < -0.39 is 5.97 Å². The molecule has 0 amide bonds. The lowest BCUT2D eigenvalue weighted by Gasteiger charge is -2.08. The van der Waals surface area contributed by atoms with Crippen LogP contribution in [0.2, 0.25) is 0 Å². The number of nitriles is 1. The Hall–Kier alpha value is -2.61. The highest BCUT2D eigenvalue weighted by molar-refractivity contribution is 5.92. The topological polar surface area (TPSA) is 87.4 Å². The molecule has 5 nitrogen and oxygen atoms in total. The van der Waals surface area contributed by atoms with Crippen molar-refractivity contribution in [1.82, 2.24) is 0 Å². The third-order valence-corrected chi connectivity index (χ3v) is 2.10. The number of nitrogens with zero attached hydrogens (tertiary/aromatic N) is 1. The molecule has 17 heavy (non-hydrogen) atoms. The highest BCUT2D eigenvalue weighted by Crippen LogP contribution is 2.25.